The van der Waals surface area contributed by atoms with Gasteiger partial charge in [0.25, 0.3) is 0 Å². The molecular weight excluding hydrogens is 186 g/mol. The van der Waals surface area contributed by atoms with E-state index in [1.165, 1.54) is 0 Å². The molecule has 2 aromatic carbocycles. The van der Waals surface area contributed by atoms with Gasteiger partial charge in [-0.05, 0) is 30.0 Å². The molecule has 0 saturated carbocycles. The fourth-order valence-electron chi connectivity index (χ4n) is 1.43. The van der Waals surface area contributed by atoms with Crippen molar-refractivity contribution >= 4 is 16.5 Å². The SMILES string of the molecule is CC.Cc1ccc2ccc(N)cc2c1O. The Kier molecular flexibility index (Phi) is 3.56. The number of nitrogen functional groups attached to an aromatic ring is 1. The van der Waals surface area contributed by atoms with E-state index in [1.54, 1.807) is 6.07 Å². The van der Waals surface area contributed by atoms with E-state index in [1.807, 2.05) is 45.0 Å². The molecule has 0 aromatic heterocycles. The van der Waals surface area contributed by atoms with E-state index in [4.69, 9.17) is 5.73 Å². The summed E-state index contributed by atoms with van der Waals surface area (Å²) in [6, 6.07) is 9.40. The minimum Gasteiger partial charge on any atom is -0.507 e. The Morgan fingerprint density at radius 1 is 1.07 bits per heavy atom. The van der Waals surface area contributed by atoms with Crippen molar-refractivity contribution < 1.29 is 5.11 Å². The van der Waals surface area contributed by atoms with Gasteiger partial charge in [0.05, 0.1) is 0 Å². The van der Waals surface area contributed by atoms with Crippen LogP contribution in [0.4, 0.5) is 5.69 Å². The Morgan fingerprint density at radius 2 is 1.67 bits per heavy atom. The summed E-state index contributed by atoms with van der Waals surface area (Å²) >= 11 is 0. The molecule has 3 N–H and O–H groups in total. The van der Waals surface area contributed by atoms with Gasteiger partial charge >= 0.3 is 0 Å². The van der Waals surface area contributed by atoms with Crippen molar-refractivity contribution in [3.05, 3.63) is 35.9 Å². The van der Waals surface area contributed by atoms with E-state index in [0.717, 1.165) is 16.3 Å². The predicted octanol–water partition coefficient (Wildman–Crippen LogP) is 3.46. The molecule has 2 aromatic rings. The molecule has 0 aliphatic heterocycles. The number of fused-ring (bicyclic) bond motifs is 1. The normalized spacial score (nSPS) is 9.53. The summed E-state index contributed by atoms with van der Waals surface area (Å²) in [6.07, 6.45) is 0. The molecule has 0 spiro atoms. The highest BCUT2D eigenvalue weighted by Crippen LogP contribution is 2.29. The van der Waals surface area contributed by atoms with Crippen LogP contribution in [0.5, 0.6) is 5.75 Å². The largest absolute Gasteiger partial charge is 0.507 e. The fourth-order valence-corrected chi connectivity index (χ4v) is 1.43. The molecule has 0 saturated heterocycles. The van der Waals surface area contributed by atoms with Gasteiger partial charge in [-0.1, -0.05) is 32.0 Å². The Labute approximate surface area is 90.3 Å². The van der Waals surface area contributed by atoms with Crippen molar-refractivity contribution in [3.63, 3.8) is 0 Å². The van der Waals surface area contributed by atoms with Crippen LogP contribution in [0.3, 0.4) is 0 Å². The predicted molar refractivity (Wildman–Crippen MR) is 66.1 cm³/mol. The summed E-state index contributed by atoms with van der Waals surface area (Å²) < 4.78 is 0. The molecule has 0 aliphatic carbocycles. The van der Waals surface area contributed by atoms with Crippen LogP contribution in [-0.4, -0.2) is 5.11 Å². The quantitative estimate of drug-likeness (QED) is 0.644. The minimum absolute atomic E-state index is 0.324. The molecule has 0 aliphatic rings. The highest BCUT2D eigenvalue weighted by molar-refractivity contribution is 5.91. The molecule has 15 heavy (non-hydrogen) atoms. The van der Waals surface area contributed by atoms with Gasteiger partial charge in [0.2, 0.25) is 0 Å². The smallest absolute Gasteiger partial charge is 0.126 e. The molecular formula is C13H17NO. The first-order chi connectivity index (χ1) is 7.18. The van der Waals surface area contributed by atoms with E-state index in [-0.39, 0.29) is 0 Å². The number of anilines is 1. The van der Waals surface area contributed by atoms with E-state index in [2.05, 4.69) is 0 Å². The van der Waals surface area contributed by atoms with E-state index >= 15 is 0 Å². The van der Waals surface area contributed by atoms with Gasteiger partial charge in [0.15, 0.2) is 0 Å². The van der Waals surface area contributed by atoms with Gasteiger partial charge in [-0.25, -0.2) is 0 Å². The molecule has 0 radical (unpaired) electrons. The standard InChI is InChI=1S/C11H11NO.C2H6/c1-7-2-3-8-4-5-9(12)6-10(8)11(7)13;1-2/h2-6,13H,12H2,1H3;1-2H3. The van der Waals surface area contributed by atoms with Gasteiger partial charge in [-0.3, -0.25) is 0 Å². The molecule has 2 rings (SSSR count). The van der Waals surface area contributed by atoms with Crippen LogP contribution in [-0.2, 0) is 0 Å². The van der Waals surface area contributed by atoms with Crippen molar-refractivity contribution in [2.75, 3.05) is 5.73 Å². The maximum atomic E-state index is 9.73. The van der Waals surface area contributed by atoms with Gasteiger partial charge in [-0.2, -0.15) is 0 Å². The maximum absolute atomic E-state index is 9.73. The van der Waals surface area contributed by atoms with Crippen LogP contribution in [0.15, 0.2) is 30.3 Å². The number of phenolic OH excluding ortho intramolecular Hbond substituents is 1. The van der Waals surface area contributed by atoms with Crippen LogP contribution in [0, 0.1) is 6.92 Å². The van der Waals surface area contributed by atoms with Crippen LogP contribution in [0.25, 0.3) is 10.8 Å². The zero-order chi connectivity index (χ0) is 11.4. The molecule has 0 bridgehead atoms. The number of hydrogen-bond acceptors (Lipinski definition) is 2. The summed E-state index contributed by atoms with van der Waals surface area (Å²) in [4.78, 5) is 0. The Hall–Kier alpha value is -1.70. The topological polar surface area (TPSA) is 46.2 Å². The number of rotatable bonds is 0. The summed E-state index contributed by atoms with van der Waals surface area (Å²) in [5.41, 5.74) is 7.18. The molecule has 0 amide bonds. The lowest BCUT2D eigenvalue weighted by atomic mass is 10.1. The highest BCUT2D eigenvalue weighted by atomic mass is 16.3. The number of hydrogen-bond donors (Lipinski definition) is 2. The molecule has 0 fully saturated rings. The number of benzene rings is 2. The van der Waals surface area contributed by atoms with Gasteiger partial charge in [0, 0.05) is 11.1 Å². The number of phenols is 1. The second kappa shape index (κ2) is 4.69. The van der Waals surface area contributed by atoms with E-state index < -0.39 is 0 Å². The monoisotopic (exact) mass is 203 g/mol. The van der Waals surface area contributed by atoms with Crippen LogP contribution >= 0.6 is 0 Å². The Bertz CT molecular complexity index is 458. The average Bonchev–Trinajstić information content (AvgIpc) is 2.27. The lowest BCUT2D eigenvalue weighted by Crippen LogP contribution is -1.85. The molecule has 0 atom stereocenters. The van der Waals surface area contributed by atoms with Gasteiger partial charge < -0.3 is 10.8 Å². The van der Waals surface area contributed by atoms with Crippen LogP contribution < -0.4 is 5.73 Å². The van der Waals surface area contributed by atoms with Gasteiger partial charge in [0.1, 0.15) is 5.75 Å². The first-order valence-corrected chi connectivity index (χ1v) is 5.16. The number of aryl methyl sites for hydroxylation is 1. The van der Waals surface area contributed by atoms with E-state index in [9.17, 15) is 5.11 Å². The first-order valence-electron chi connectivity index (χ1n) is 5.16. The molecule has 2 heteroatoms. The Morgan fingerprint density at radius 3 is 2.33 bits per heavy atom. The minimum atomic E-state index is 0.324. The second-order valence-electron chi connectivity index (χ2n) is 3.21. The summed E-state index contributed by atoms with van der Waals surface area (Å²) in [5, 5.41) is 11.6. The molecule has 80 valence electrons. The van der Waals surface area contributed by atoms with Gasteiger partial charge in [-0.15, -0.1) is 0 Å². The van der Waals surface area contributed by atoms with Crippen molar-refractivity contribution in [3.8, 4) is 5.75 Å². The number of aromatic hydroxyl groups is 1. The third-order valence-corrected chi connectivity index (χ3v) is 2.22. The highest BCUT2D eigenvalue weighted by Gasteiger charge is 2.02. The van der Waals surface area contributed by atoms with Crippen molar-refractivity contribution in [2.24, 2.45) is 0 Å². The second-order valence-corrected chi connectivity index (χ2v) is 3.21. The fraction of sp³-hybridized carbons (Fsp3) is 0.231. The van der Waals surface area contributed by atoms with Crippen LogP contribution in [0.2, 0.25) is 0 Å². The zero-order valence-corrected chi connectivity index (χ0v) is 9.41. The lowest BCUT2D eigenvalue weighted by Gasteiger charge is -2.04. The van der Waals surface area contributed by atoms with E-state index in [0.29, 0.717) is 11.4 Å². The van der Waals surface area contributed by atoms with Crippen molar-refractivity contribution in [1.29, 1.82) is 0 Å². The first kappa shape index (κ1) is 11.4. The van der Waals surface area contributed by atoms with Crippen molar-refractivity contribution in [1.82, 2.24) is 0 Å². The molecule has 0 heterocycles. The van der Waals surface area contributed by atoms with Crippen molar-refractivity contribution in [2.45, 2.75) is 20.8 Å². The van der Waals surface area contributed by atoms with Crippen LogP contribution in [0.1, 0.15) is 19.4 Å². The summed E-state index contributed by atoms with van der Waals surface area (Å²) in [5.74, 6) is 0.324. The Balaban J connectivity index is 0.000000531. The zero-order valence-electron chi connectivity index (χ0n) is 9.41. The maximum Gasteiger partial charge on any atom is 0.126 e. The molecule has 0 unspecified atom stereocenters. The number of nitrogens with two attached hydrogens (primary N) is 1. The summed E-state index contributed by atoms with van der Waals surface area (Å²) in [6.45, 7) is 5.87. The third kappa shape index (κ3) is 2.21. The average molecular weight is 203 g/mol. The lowest BCUT2D eigenvalue weighted by molar-refractivity contribution is 0.477. The summed E-state index contributed by atoms with van der Waals surface area (Å²) in [7, 11) is 0. The third-order valence-electron chi connectivity index (χ3n) is 2.22. The molecule has 2 nitrogen and oxygen atoms in total.